The molecule has 0 spiro atoms. The van der Waals surface area contributed by atoms with Gasteiger partial charge >= 0.3 is 11.7 Å². The summed E-state index contributed by atoms with van der Waals surface area (Å²) < 4.78 is 12.0. The minimum absolute atomic E-state index is 0.100. The van der Waals surface area contributed by atoms with Crippen LogP contribution in [-0.4, -0.2) is 57.1 Å². The number of ether oxygens (including phenoxy) is 2. The van der Waals surface area contributed by atoms with E-state index < -0.39 is 5.60 Å². The Balaban J connectivity index is 1.47. The van der Waals surface area contributed by atoms with E-state index in [1.54, 1.807) is 7.11 Å². The minimum Gasteiger partial charge on any atom is -0.461 e. The number of aromatic amines is 1. The Hall–Kier alpha value is -2.95. The van der Waals surface area contributed by atoms with Crippen LogP contribution in [0.15, 0.2) is 29.1 Å². The highest BCUT2D eigenvalue weighted by atomic mass is 16.5. The SMILES string of the molecule is COCCOc1nc(N)c2[nH]c(=O)n(Cc3cccc(CNCC4(O)CCCCC4)c3)c2n1. The van der Waals surface area contributed by atoms with E-state index >= 15 is 0 Å². The van der Waals surface area contributed by atoms with Gasteiger partial charge < -0.3 is 30.6 Å². The number of nitrogen functional groups attached to an aromatic ring is 1. The Bertz CT molecular complexity index is 1140. The van der Waals surface area contributed by atoms with Crippen molar-refractivity contribution in [2.24, 2.45) is 0 Å². The molecule has 10 nitrogen and oxygen atoms in total. The molecule has 3 aromatic rings. The van der Waals surface area contributed by atoms with Gasteiger partial charge in [0.05, 0.1) is 18.8 Å². The van der Waals surface area contributed by atoms with Crippen LogP contribution < -0.4 is 21.5 Å². The van der Waals surface area contributed by atoms with Gasteiger partial charge in [-0.3, -0.25) is 4.57 Å². The molecule has 1 fully saturated rings. The van der Waals surface area contributed by atoms with Crippen molar-refractivity contribution in [2.75, 3.05) is 32.6 Å². The van der Waals surface area contributed by atoms with Crippen LogP contribution >= 0.6 is 0 Å². The van der Waals surface area contributed by atoms with Gasteiger partial charge in [-0.25, -0.2) is 4.79 Å². The largest absolute Gasteiger partial charge is 0.461 e. The molecule has 33 heavy (non-hydrogen) atoms. The molecule has 2 aromatic heterocycles. The summed E-state index contributed by atoms with van der Waals surface area (Å²) in [7, 11) is 1.58. The summed E-state index contributed by atoms with van der Waals surface area (Å²) in [5.41, 5.74) is 7.91. The summed E-state index contributed by atoms with van der Waals surface area (Å²) in [6.45, 7) is 2.22. The molecule has 1 aliphatic rings. The van der Waals surface area contributed by atoms with Crippen molar-refractivity contribution in [1.82, 2.24) is 24.8 Å². The van der Waals surface area contributed by atoms with Crippen molar-refractivity contribution in [2.45, 2.75) is 50.8 Å². The molecule has 0 unspecified atom stereocenters. The summed E-state index contributed by atoms with van der Waals surface area (Å²) in [5, 5.41) is 14.1. The minimum atomic E-state index is -0.601. The Labute approximate surface area is 192 Å². The first-order valence-electron chi connectivity index (χ1n) is 11.4. The van der Waals surface area contributed by atoms with Gasteiger partial charge in [0.15, 0.2) is 11.5 Å². The standard InChI is InChI=1S/C23H32N6O4/c1-32-10-11-33-21-27-19(24)18-20(28-21)29(22(30)26-18)14-17-7-5-6-16(12-17)13-25-15-23(31)8-3-2-4-9-23/h5-7,12,25,31H,2-4,8-11,13-15H2,1H3,(H,26,30)(H2,24,27,28). The highest BCUT2D eigenvalue weighted by Crippen LogP contribution is 2.27. The van der Waals surface area contributed by atoms with E-state index in [9.17, 15) is 9.90 Å². The van der Waals surface area contributed by atoms with Gasteiger partial charge in [0.25, 0.3) is 0 Å². The molecule has 0 radical (unpaired) electrons. The number of aliphatic hydroxyl groups is 1. The lowest BCUT2D eigenvalue weighted by Crippen LogP contribution is -2.41. The van der Waals surface area contributed by atoms with E-state index in [-0.39, 0.29) is 24.1 Å². The maximum atomic E-state index is 12.6. The zero-order chi connectivity index (χ0) is 23.3. The fourth-order valence-electron chi connectivity index (χ4n) is 4.31. The lowest BCUT2D eigenvalue weighted by atomic mass is 9.85. The van der Waals surface area contributed by atoms with Crippen LogP contribution in [0.4, 0.5) is 5.82 Å². The van der Waals surface area contributed by atoms with Gasteiger partial charge in [-0.15, -0.1) is 0 Å². The summed E-state index contributed by atoms with van der Waals surface area (Å²) in [6, 6.07) is 8.10. The van der Waals surface area contributed by atoms with E-state index in [1.165, 1.54) is 11.0 Å². The number of nitrogens with zero attached hydrogens (tertiary/aromatic N) is 3. The van der Waals surface area contributed by atoms with Crippen molar-refractivity contribution >= 4 is 17.0 Å². The van der Waals surface area contributed by atoms with Crippen LogP contribution in [-0.2, 0) is 17.8 Å². The number of hydrogen-bond donors (Lipinski definition) is 4. The zero-order valence-corrected chi connectivity index (χ0v) is 19.0. The van der Waals surface area contributed by atoms with E-state index in [2.05, 4.69) is 20.3 Å². The third kappa shape index (κ3) is 5.70. The van der Waals surface area contributed by atoms with Gasteiger partial charge in [-0.1, -0.05) is 43.5 Å². The van der Waals surface area contributed by atoms with Crippen molar-refractivity contribution in [3.05, 3.63) is 45.9 Å². The third-order valence-electron chi connectivity index (χ3n) is 6.05. The van der Waals surface area contributed by atoms with Gasteiger partial charge in [0.1, 0.15) is 12.1 Å². The second kappa shape index (κ2) is 10.3. The number of benzene rings is 1. The highest BCUT2D eigenvalue weighted by Gasteiger charge is 2.28. The molecule has 1 aromatic carbocycles. The number of aromatic nitrogens is 4. The van der Waals surface area contributed by atoms with Crippen molar-refractivity contribution in [3.8, 4) is 6.01 Å². The Morgan fingerprint density at radius 3 is 2.79 bits per heavy atom. The molecule has 5 N–H and O–H groups in total. The molecular formula is C23H32N6O4. The van der Waals surface area contributed by atoms with Crippen molar-refractivity contribution < 1.29 is 14.6 Å². The van der Waals surface area contributed by atoms with Gasteiger partial charge in [-0.2, -0.15) is 9.97 Å². The topological polar surface area (TPSA) is 140 Å². The maximum absolute atomic E-state index is 12.6. The van der Waals surface area contributed by atoms with E-state index in [0.717, 1.165) is 36.8 Å². The first-order valence-corrected chi connectivity index (χ1v) is 11.4. The van der Waals surface area contributed by atoms with E-state index in [0.29, 0.717) is 37.4 Å². The average molecular weight is 457 g/mol. The highest BCUT2D eigenvalue weighted by molar-refractivity contribution is 5.81. The molecule has 10 heteroatoms. The Kier molecular flexibility index (Phi) is 7.26. The normalized spacial score (nSPS) is 15.7. The third-order valence-corrected chi connectivity index (χ3v) is 6.05. The predicted octanol–water partition coefficient (Wildman–Crippen LogP) is 1.56. The molecule has 1 saturated carbocycles. The number of anilines is 1. The Morgan fingerprint density at radius 1 is 1.21 bits per heavy atom. The molecule has 0 saturated heterocycles. The molecule has 1 aliphatic carbocycles. The molecule has 4 rings (SSSR count). The number of nitrogens with one attached hydrogen (secondary N) is 2. The average Bonchev–Trinajstić information content (AvgIpc) is 3.10. The fraction of sp³-hybridized carbons (Fsp3) is 0.522. The van der Waals surface area contributed by atoms with Gasteiger partial charge in [0.2, 0.25) is 0 Å². The number of methoxy groups -OCH3 is 1. The van der Waals surface area contributed by atoms with Gasteiger partial charge in [-0.05, 0) is 24.0 Å². The summed E-state index contributed by atoms with van der Waals surface area (Å²) in [4.78, 5) is 23.8. The maximum Gasteiger partial charge on any atom is 0.328 e. The molecule has 0 bridgehead atoms. The van der Waals surface area contributed by atoms with Crippen LogP contribution in [0.25, 0.3) is 11.2 Å². The number of fused-ring (bicyclic) bond motifs is 1. The monoisotopic (exact) mass is 456 g/mol. The molecule has 0 atom stereocenters. The quantitative estimate of drug-likeness (QED) is 0.337. The molecule has 0 aliphatic heterocycles. The van der Waals surface area contributed by atoms with Crippen LogP contribution in [0.5, 0.6) is 6.01 Å². The first kappa shape index (κ1) is 23.2. The number of rotatable bonds is 10. The Morgan fingerprint density at radius 2 is 2.00 bits per heavy atom. The molecule has 2 heterocycles. The van der Waals surface area contributed by atoms with E-state index in [4.69, 9.17) is 15.2 Å². The molecular weight excluding hydrogens is 424 g/mol. The van der Waals surface area contributed by atoms with Crippen molar-refractivity contribution in [3.63, 3.8) is 0 Å². The lowest BCUT2D eigenvalue weighted by molar-refractivity contribution is 0.00467. The summed E-state index contributed by atoms with van der Waals surface area (Å²) >= 11 is 0. The molecule has 0 amide bonds. The van der Waals surface area contributed by atoms with Gasteiger partial charge in [0, 0.05) is 20.2 Å². The number of H-pyrrole nitrogens is 1. The van der Waals surface area contributed by atoms with Crippen LogP contribution in [0.3, 0.4) is 0 Å². The fourth-order valence-corrected chi connectivity index (χ4v) is 4.31. The zero-order valence-electron chi connectivity index (χ0n) is 19.0. The lowest BCUT2D eigenvalue weighted by Gasteiger charge is -2.32. The first-order chi connectivity index (χ1) is 16.0. The van der Waals surface area contributed by atoms with Crippen LogP contribution in [0.2, 0.25) is 0 Å². The number of nitrogens with two attached hydrogens (primary N) is 1. The van der Waals surface area contributed by atoms with E-state index in [1.807, 2.05) is 24.3 Å². The second-order valence-electron chi connectivity index (χ2n) is 8.66. The predicted molar refractivity (Wildman–Crippen MR) is 125 cm³/mol. The van der Waals surface area contributed by atoms with Crippen LogP contribution in [0.1, 0.15) is 43.2 Å². The number of hydrogen-bond acceptors (Lipinski definition) is 8. The summed E-state index contributed by atoms with van der Waals surface area (Å²) in [6.07, 6.45) is 5.08. The van der Waals surface area contributed by atoms with Crippen LogP contribution in [0, 0.1) is 0 Å². The van der Waals surface area contributed by atoms with Crippen molar-refractivity contribution in [1.29, 1.82) is 0 Å². The smallest absolute Gasteiger partial charge is 0.328 e. The second-order valence-corrected chi connectivity index (χ2v) is 8.66. The summed E-state index contributed by atoms with van der Waals surface area (Å²) in [5.74, 6) is 0.155. The number of imidazole rings is 1. The molecule has 178 valence electrons.